The van der Waals surface area contributed by atoms with Gasteiger partial charge >= 0.3 is 5.97 Å². The van der Waals surface area contributed by atoms with Crippen molar-refractivity contribution in [1.29, 1.82) is 0 Å². The summed E-state index contributed by atoms with van der Waals surface area (Å²) in [6.07, 6.45) is 4.53. The molecule has 1 aromatic rings. The second-order valence-electron chi connectivity index (χ2n) is 6.10. The fraction of sp³-hybridized carbons (Fsp3) is 0.588. The van der Waals surface area contributed by atoms with Crippen LogP contribution >= 0.6 is 0 Å². The molecule has 1 aliphatic heterocycles. The highest BCUT2D eigenvalue weighted by atomic mass is 19.1. The maximum Gasteiger partial charge on any atom is 0.321 e. The van der Waals surface area contributed by atoms with Gasteiger partial charge in [-0.2, -0.15) is 0 Å². The standard InChI is InChI=1S/C15H21FN2O2.C2H5NO/c1-10(2)14(15(19)20)18-8-4-5-11(18)9-13-12(16)6-3-7-17-13;1-3-2-4/h3,6-7,10-11,14H,4-5,8-9H2,1-2H3,(H,19,20);2H,1H3,(H,3,4). The predicted octanol–water partition coefficient (Wildman–Crippen LogP) is 1.70. The monoisotopic (exact) mass is 339 g/mol. The summed E-state index contributed by atoms with van der Waals surface area (Å²) < 4.78 is 13.7. The van der Waals surface area contributed by atoms with Crippen LogP contribution in [0, 0.1) is 11.7 Å². The number of carboxylic acids is 1. The topological polar surface area (TPSA) is 82.5 Å². The molecule has 134 valence electrons. The van der Waals surface area contributed by atoms with E-state index in [-0.39, 0.29) is 17.8 Å². The minimum Gasteiger partial charge on any atom is -0.480 e. The number of hydrogen-bond donors (Lipinski definition) is 2. The van der Waals surface area contributed by atoms with Crippen LogP contribution < -0.4 is 5.32 Å². The number of carbonyl (C=O) groups is 2. The molecule has 1 amide bonds. The summed E-state index contributed by atoms with van der Waals surface area (Å²) >= 11 is 0. The summed E-state index contributed by atoms with van der Waals surface area (Å²) in [6, 6.07) is 2.52. The van der Waals surface area contributed by atoms with Crippen LogP contribution in [0.25, 0.3) is 0 Å². The number of nitrogens with zero attached hydrogens (tertiary/aromatic N) is 2. The fourth-order valence-electron chi connectivity index (χ4n) is 3.05. The van der Waals surface area contributed by atoms with Crippen LogP contribution in [-0.4, -0.2) is 53.0 Å². The van der Waals surface area contributed by atoms with Crippen LogP contribution in [0.3, 0.4) is 0 Å². The van der Waals surface area contributed by atoms with Crippen molar-refractivity contribution < 1.29 is 19.1 Å². The molecule has 0 radical (unpaired) electrons. The minimum atomic E-state index is -0.798. The van der Waals surface area contributed by atoms with Gasteiger partial charge in [0.1, 0.15) is 11.9 Å². The molecule has 7 heteroatoms. The van der Waals surface area contributed by atoms with Crippen molar-refractivity contribution in [3.8, 4) is 0 Å². The van der Waals surface area contributed by atoms with Gasteiger partial charge in [0.2, 0.25) is 6.41 Å². The first-order valence-corrected chi connectivity index (χ1v) is 8.11. The van der Waals surface area contributed by atoms with Crippen LogP contribution in [0.15, 0.2) is 18.3 Å². The Morgan fingerprint density at radius 2 is 2.25 bits per heavy atom. The molecule has 0 spiro atoms. The van der Waals surface area contributed by atoms with E-state index in [9.17, 15) is 14.3 Å². The van der Waals surface area contributed by atoms with Gasteiger partial charge in [0, 0.05) is 25.7 Å². The van der Waals surface area contributed by atoms with Crippen molar-refractivity contribution in [1.82, 2.24) is 15.2 Å². The van der Waals surface area contributed by atoms with E-state index in [0.717, 1.165) is 19.4 Å². The minimum absolute atomic E-state index is 0.0293. The third-order valence-corrected chi connectivity index (χ3v) is 4.05. The number of likely N-dealkylation sites (tertiary alicyclic amines) is 1. The highest BCUT2D eigenvalue weighted by Crippen LogP contribution is 2.26. The van der Waals surface area contributed by atoms with Crippen molar-refractivity contribution in [3.05, 3.63) is 29.8 Å². The first-order chi connectivity index (χ1) is 11.4. The predicted molar refractivity (Wildman–Crippen MR) is 89.0 cm³/mol. The maximum atomic E-state index is 13.7. The van der Waals surface area contributed by atoms with E-state index in [2.05, 4.69) is 10.3 Å². The summed E-state index contributed by atoms with van der Waals surface area (Å²) in [5.41, 5.74) is 0.428. The Morgan fingerprint density at radius 1 is 1.58 bits per heavy atom. The Balaban J connectivity index is 0.000000648. The number of rotatable bonds is 6. The molecule has 6 nitrogen and oxygen atoms in total. The molecule has 0 aromatic carbocycles. The summed E-state index contributed by atoms with van der Waals surface area (Å²) in [6.45, 7) is 4.58. The van der Waals surface area contributed by atoms with E-state index in [4.69, 9.17) is 4.79 Å². The molecule has 1 saturated heterocycles. The number of hydrogen-bond acceptors (Lipinski definition) is 4. The van der Waals surface area contributed by atoms with Crippen molar-refractivity contribution in [3.63, 3.8) is 0 Å². The van der Waals surface area contributed by atoms with Crippen LogP contribution in [0.4, 0.5) is 4.39 Å². The first kappa shape index (κ1) is 20.0. The van der Waals surface area contributed by atoms with Gasteiger partial charge in [-0.25, -0.2) is 4.39 Å². The molecule has 2 N–H and O–H groups in total. The molecule has 0 saturated carbocycles. The van der Waals surface area contributed by atoms with E-state index in [1.165, 1.54) is 6.07 Å². The van der Waals surface area contributed by atoms with Crippen LogP contribution in [0.5, 0.6) is 0 Å². The summed E-state index contributed by atoms with van der Waals surface area (Å²) in [4.78, 5) is 26.6. The number of pyridine rings is 1. The molecule has 2 heterocycles. The van der Waals surface area contributed by atoms with E-state index < -0.39 is 12.0 Å². The lowest BCUT2D eigenvalue weighted by atomic mass is 10.00. The highest BCUT2D eigenvalue weighted by Gasteiger charge is 2.36. The van der Waals surface area contributed by atoms with E-state index in [0.29, 0.717) is 18.5 Å². The van der Waals surface area contributed by atoms with E-state index >= 15 is 0 Å². The third kappa shape index (κ3) is 5.56. The Bertz CT molecular complexity index is 540. The maximum absolute atomic E-state index is 13.7. The number of amides is 1. The Hall–Kier alpha value is -2.02. The Labute approximate surface area is 142 Å². The number of halogens is 1. The molecule has 0 aliphatic carbocycles. The second kappa shape index (κ2) is 9.97. The van der Waals surface area contributed by atoms with E-state index in [1.54, 1.807) is 19.3 Å². The zero-order chi connectivity index (χ0) is 18.1. The SMILES string of the molecule is CC(C)C(C(=O)O)N1CCCC1Cc1ncccc1F.CNC=O. The number of aromatic nitrogens is 1. The van der Waals surface area contributed by atoms with Gasteiger partial charge in [0.15, 0.2) is 0 Å². The Kier molecular flexibility index (Phi) is 8.32. The normalized spacial score (nSPS) is 18.6. The van der Waals surface area contributed by atoms with Crippen molar-refractivity contribution in [2.75, 3.05) is 13.6 Å². The van der Waals surface area contributed by atoms with Gasteiger partial charge in [-0.15, -0.1) is 0 Å². The van der Waals surface area contributed by atoms with Crippen LogP contribution in [-0.2, 0) is 16.0 Å². The molecular formula is C17H26FN3O3. The molecule has 0 bridgehead atoms. The zero-order valence-corrected chi connectivity index (χ0v) is 14.4. The van der Waals surface area contributed by atoms with E-state index in [1.807, 2.05) is 18.7 Å². The molecule has 1 aromatic heterocycles. The van der Waals surface area contributed by atoms with Crippen molar-refractivity contribution in [2.45, 2.75) is 45.2 Å². The number of nitrogens with one attached hydrogen (secondary N) is 1. The zero-order valence-electron chi connectivity index (χ0n) is 14.4. The molecule has 2 atom stereocenters. The molecule has 1 fully saturated rings. The molecular weight excluding hydrogens is 313 g/mol. The van der Waals surface area contributed by atoms with Gasteiger partial charge in [-0.05, 0) is 37.4 Å². The largest absolute Gasteiger partial charge is 0.480 e. The van der Waals surface area contributed by atoms with Crippen LogP contribution in [0.2, 0.25) is 0 Å². The fourth-order valence-corrected chi connectivity index (χ4v) is 3.05. The lowest BCUT2D eigenvalue weighted by molar-refractivity contribution is -0.145. The average Bonchev–Trinajstić information content (AvgIpc) is 2.97. The van der Waals surface area contributed by atoms with Gasteiger partial charge in [-0.1, -0.05) is 13.8 Å². The quantitative estimate of drug-likeness (QED) is 0.771. The summed E-state index contributed by atoms with van der Waals surface area (Å²) in [7, 11) is 1.56. The Morgan fingerprint density at radius 3 is 2.75 bits per heavy atom. The average molecular weight is 339 g/mol. The highest BCUT2D eigenvalue weighted by molar-refractivity contribution is 5.73. The van der Waals surface area contributed by atoms with Gasteiger partial charge in [0.25, 0.3) is 0 Å². The number of aliphatic carboxylic acids is 1. The smallest absolute Gasteiger partial charge is 0.321 e. The molecule has 2 unspecified atom stereocenters. The summed E-state index contributed by atoms with van der Waals surface area (Å²) in [5.74, 6) is -1.08. The van der Waals surface area contributed by atoms with Gasteiger partial charge in [0.05, 0.1) is 5.69 Å². The molecule has 24 heavy (non-hydrogen) atoms. The first-order valence-electron chi connectivity index (χ1n) is 8.11. The summed E-state index contributed by atoms with van der Waals surface area (Å²) in [5, 5.41) is 11.7. The third-order valence-electron chi connectivity index (χ3n) is 4.05. The lowest BCUT2D eigenvalue weighted by Gasteiger charge is -2.32. The number of carboxylic acid groups (broad SMARTS) is 1. The molecule has 2 rings (SSSR count). The number of carbonyl (C=O) groups excluding carboxylic acids is 1. The lowest BCUT2D eigenvalue weighted by Crippen LogP contribution is -2.48. The van der Waals surface area contributed by atoms with Crippen molar-refractivity contribution >= 4 is 12.4 Å². The van der Waals surface area contributed by atoms with Crippen LogP contribution in [0.1, 0.15) is 32.4 Å². The molecule has 1 aliphatic rings. The van der Waals surface area contributed by atoms with Crippen molar-refractivity contribution in [2.24, 2.45) is 5.92 Å². The van der Waals surface area contributed by atoms with Gasteiger partial charge < -0.3 is 10.4 Å². The van der Waals surface area contributed by atoms with Gasteiger partial charge in [-0.3, -0.25) is 19.5 Å². The second-order valence-corrected chi connectivity index (χ2v) is 6.10.